The van der Waals surface area contributed by atoms with Crippen LogP contribution in [-0.2, 0) is 4.79 Å². The van der Waals surface area contributed by atoms with Gasteiger partial charge in [0.2, 0.25) is 11.6 Å². The summed E-state index contributed by atoms with van der Waals surface area (Å²) in [7, 11) is 0. The first-order valence-corrected chi connectivity index (χ1v) is 7.73. The number of benzene rings is 1. The molecule has 1 N–H and O–H groups in total. The molecule has 24 heavy (non-hydrogen) atoms. The van der Waals surface area contributed by atoms with Gasteiger partial charge < -0.3 is 9.73 Å². The van der Waals surface area contributed by atoms with E-state index < -0.39 is 6.04 Å². The number of fused-ring (bicyclic) bond motifs is 1. The van der Waals surface area contributed by atoms with Gasteiger partial charge in [-0.25, -0.2) is 4.98 Å². The van der Waals surface area contributed by atoms with Crippen LogP contribution >= 0.6 is 0 Å². The van der Waals surface area contributed by atoms with Crippen LogP contribution in [0.15, 0.2) is 39.8 Å². The molecule has 0 radical (unpaired) electrons. The van der Waals surface area contributed by atoms with Crippen molar-refractivity contribution in [1.82, 2.24) is 9.55 Å². The normalized spacial score (nSPS) is 12.3. The quantitative estimate of drug-likeness (QED) is 0.802. The second-order valence-corrected chi connectivity index (χ2v) is 5.90. The van der Waals surface area contributed by atoms with Gasteiger partial charge in [-0.15, -0.1) is 0 Å². The topological polar surface area (TPSA) is 77.1 Å². The second-order valence-electron chi connectivity index (χ2n) is 5.90. The minimum absolute atomic E-state index is 0.273. The molecule has 6 heteroatoms. The van der Waals surface area contributed by atoms with E-state index in [9.17, 15) is 9.59 Å². The molecule has 1 atom stereocenters. The highest BCUT2D eigenvalue weighted by Gasteiger charge is 2.21. The van der Waals surface area contributed by atoms with Crippen LogP contribution in [0.5, 0.6) is 0 Å². The lowest BCUT2D eigenvalue weighted by Crippen LogP contribution is -2.32. The summed E-state index contributed by atoms with van der Waals surface area (Å²) in [5.41, 5.74) is 2.47. The Morgan fingerprint density at radius 3 is 2.67 bits per heavy atom. The average molecular weight is 325 g/mol. The predicted octanol–water partition coefficient (Wildman–Crippen LogP) is 3.11. The first-order chi connectivity index (χ1) is 11.4. The third-order valence-corrected chi connectivity index (χ3v) is 4.31. The molecule has 1 amide bonds. The number of furan rings is 1. The lowest BCUT2D eigenvalue weighted by molar-refractivity contribution is -0.118. The highest BCUT2D eigenvalue weighted by Crippen LogP contribution is 2.20. The Balaban J connectivity index is 1.96. The average Bonchev–Trinajstić information content (AvgIpc) is 2.84. The van der Waals surface area contributed by atoms with E-state index in [1.165, 1.54) is 10.9 Å². The SMILES string of the molecule is Cc1ccccc1NC(=O)[C@H](C)n1cnc2oc(C)c(C)c2c1=O. The Morgan fingerprint density at radius 1 is 1.25 bits per heavy atom. The molecular formula is C18H19N3O3. The molecule has 0 bridgehead atoms. The summed E-state index contributed by atoms with van der Waals surface area (Å²) in [6.07, 6.45) is 1.36. The van der Waals surface area contributed by atoms with Crippen molar-refractivity contribution in [2.75, 3.05) is 5.32 Å². The lowest BCUT2D eigenvalue weighted by atomic mass is 10.2. The summed E-state index contributed by atoms with van der Waals surface area (Å²) in [5.74, 6) is 0.384. The Bertz CT molecular complexity index is 985. The number of amides is 1. The van der Waals surface area contributed by atoms with E-state index in [-0.39, 0.29) is 11.5 Å². The molecule has 0 aliphatic rings. The predicted molar refractivity (Wildman–Crippen MR) is 92.3 cm³/mol. The summed E-state index contributed by atoms with van der Waals surface area (Å²) < 4.78 is 6.79. The van der Waals surface area contributed by atoms with Gasteiger partial charge in [0.1, 0.15) is 23.5 Å². The number of hydrogen-bond acceptors (Lipinski definition) is 4. The van der Waals surface area contributed by atoms with Crippen LogP contribution in [0.4, 0.5) is 5.69 Å². The van der Waals surface area contributed by atoms with E-state index in [0.717, 1.165) is 16.8 Å². The maximum Gasteiger partial charge on any atom is 0.265 e. The van der Waals surface area contributed by atoms with Crippen LogP contribution in [-0.4, -0.2) is 15.5 Å². The summed E-state index contributed by atoms with van der Waals surface area (Å²) in [6.45, 7) is 7.18. The molecule has 0 saturated heterocycles. The van der Waals surface area contributed by atoms with E-state index in [0.29, 0.717) is 16.9 Å². The summed E-state index contributed by atoms with van der Waals surface area (Å²) in [6, 6.07) is 6.81. The van der Waals surface area contributed by atoms with Crippen molar-refractivity contribution in [3.8, 4) is 0 Å². The first-order valence-electron chi connectivity index (χ1n) is 7.73. The lowest BCUT2D eigenvalue weighted by Gasteiger charge is -2.15. The molecule has 2 aromatic heterocycles. The van der Waals surface area contributed by atoms with Crippen LogP contribution in [0.1, 0.15) is 29.9 Å². The number of anilines is 1. The number of rotatable bonds is 3. The molecule has 0 fully saturated rings. The zero-order valence-electron chi connectivity index (χ0n) is 14.1. The summed E-state index contributed by atoms with van der Waals surface area (Å²) in [4.78, 5) is 29.4. The largest absolute Gasteiger partial charge is 0.443 e. The van der Waals surface area contributed by atoms with E-state index >= 15 is 0 Å². The van der Waals surface area contributed by atoms with Crippen LogP contribution in [0.3, 0.4) is 0 Å². The highest BCUT2D eigenvalue weighted by molar-refractivity contribution is 5.94. The number of carbonyl (C=O) groups excluding carboxylic acids is 1. The molecule has 2 heterocycles. The fourth-order valence-electron chi connectivity index (χ4n) is 2.60. The smallest absolute Gasteiger partial charge is 0.265 e. The third-order valence-electron chi connectivity index (χ3n) is 4.31. The molecule has 1 aromatic carbocycles. The minimum atomic E-state index is -0.691. The Kier molecular flexibility index (Phi) is 3.97. The summed E-state index contributed by atoms with van der Waals surface area (Å²) >= 11 is 0. The van der Waals surface area contributed by atoms with Crippen molar-refractivity contribution in [1.29, 1.82) is 0 Å². The fraction of sp³-hybridized carbons (Fsp3) is 0.278. The molecule has 0 saturated carbocycles. The van der Waals surface area contributed by atoms with Gasteiger partial charge in [-0.1, -0.05) is 18.2 Å². The van der Waals surface area contributed by atoms with Gasteiger partial charge in [-0.05, 0) is 39.3 Å². The second kappa shape index (κ2) is 5.96. The fourth-order valence-corrected chi connectivity index (χ4v) is 2.60. The van der Waals surface area contributed by atoms with Crippen molar-refractivity contribution in [3.63, 3.8) is 0 Å². The van der Waals surface area contributed by atoms with E-state index in [4.69, 9.17) is 4.42 Å². The van der Waals surface area contributed by atoms with Gasteiger partial charge in [0, 0.05) is 11.3 Å². The van der Waals surface area contributed by atoms with Crippen LogP contribution < -0.4 is 10.9 Å². The Labute approximate surface area is 139 Å². The zero-order valence-corrected chi connectivity index (χ0v) is 14.1. The molecule has 0 unspecified atom stereocenters. The standard InChI is InChI=1S/C18H19N3O3/c1-10-7-5-6-8-14(10)20-16(22)12(3)21-9-19-17-15(18(21)23)11(2)13(4)24-17/h5-9,12H,1-4H3,(H,20,22)/t12-/m0/s1. The number of nitrogens with zero attached hydrogens (tertiary/aromatic N) is 2. The maximum atomic E-state index is 12.7. The molecular weight excluding hydrogens is 306 g/mol. The number of nitrogens with one attached hydrogen (secondary N) is 1. The third kappa shape index (κ3) is 2.60. The van der Waals surface area contributed by atoms with Gasteiger partial charge >= 0.3 is 0 Å². The highest BCUT2D eigenvalue weighted by atomic mass is 16.3. The summed E-state index contributed by atoms with van der Waals surface area (Å²) in [5, 5.41) is 3.28. The van der Waals surface area contributed by atoms with Gasteiger partial charge in [0.05, 0.1) is 0 Å². The molecule has 3 rings (SSSR count). The molecule has 6 nitrogen and oxygen atoms in total. The zero-order chi connectivity index (χ0) is 17.4. The number of carbonyl (C=O) groups is 1. The van der Waals surface area contributed by atoms with Crippen LogP contribution in [0, 0.1) is 20.8 Å². The van der Waals surface area contributed by atoms with Gasteiger partial charge in [-0.2, -0.15) is 0 Å². The monoisotopic (exact) mass is 325 g/mol. The molecule has 0 aliphatic heterocycles. The maximum absolute atomic E-state index is 12.7. The number of aromatic nitrogens is 2. The Hall–Kier alpha value is -2.89. The van der Waals surface area contributed by atoms with Gasteiger partial charge in [-0.3, -0.25) is 14.2 Å². The number of para-hydroxylation sites is 1. The molecule has 124 valence electrons. The van der Waals surface area contributed by atoms with E-state index in [1.807, 2.05) is 38.1 Å². The van der Waals surface area contributed by atoms with Crippen molar-refractivity contribution >= 4 is 22.7 Å². The van der Waals surface area contributed by atoms with E-state index in [1.54, 1.807) is 13.8 Å². The Morgan fingerprint density at radius 2 is 1.96 bits per heavy atom. The van der Waals surface area contributed by atoms with Crippen LogP contribution in [0.2, 0.25) is 0 Å². The van der Waals surface area contributed by atoms with Crippen molar-refractivity contribution in [2.24, 2.45) is 0 Å². The molecule has 0 spiro atoms. The van der Waals surface area contributed by atoms with Crippen LogP contribution in [0.25, 0.3) is 11.1 Å². The van der Waals surface area contributed by atoms with Crippen molar-refractivity contribution < 1.29 is 9.21 Å². The van der Waals surface area contributed by atoms with E-state index in [2.05, 4.69) is 10.3 Å². The molecule has 3 aromatic rings. The van der Waals surface area contributed by atoms with Crippen molar-refractivity contribution in [3.05, 3.63) is 57.8 Å². The first kappa shape index (κ1) is 16.0. The van der Waals surface area contributed by atoms with Gasteiger partial charge in [0.15, 0.2) is 0 Å². The molecule has 0 aliphatic carbocycles. The number of aryl methyl sites for hydroxylation is 3. The van der Waals surface area contributed by atoms with Gasteiger partial charge in [0.25, 0.3) is 5.56 Å². The number of hydrogen-bond donors (Lipinski definition) is 1. The minimum Gasteiger partial charge on any atom is -0.443 e. The van der Waals surface area contributed by atoms with Crippen molar-refractivity contribution in [2.45, 2.75) is 33.7 Å².